The molecule has 1 saturated heterocycles. The van der Waals surface area contributed by atoms with Crippen LogP contribution in [0.2, 0.25) is 0 Å². The maximum atomic E-state index is 12.4. The van der Waals surface area contributed by atoms with Crippen LogP contribution < -0.4 is 15.0 Å². The number of thioether (sulfide) groups is 1. The summed E-state index contributed by atoms with van der Waals surface area (Å²) < 4.78 is 7.15. The Morgan fingerprint density at radius 3 is 2.76 bits per heavy atom. The van der Waals surface area contributed by atoms with Crippen LogP contribution in [-0.4, -0.2) is 51.5 Å². The lowest BCUT2D eigenvalue weighted by Crippen LogP contribution is -2.22. The second-order valence-electron chi connectivity index (χ2n) is 7.05. The van der Waals surface area contributed by atoms with Gasteiger partial charge in [-0.05, 0) is 37.8 Å². The van der Waals surface area contributed by atoms with Gasteiger partial charge in [-0.1, -0.05) is 11.8 Å². The number of carbonyl (C=O) groups is 1. The van der Waals surface area contributed by atoms with E-state index in [-0.39, 0.29) is 23.0 Å². The molecule has 0 unspecified atom stereocenters. The van der Waals surface area contributed by atoms with Crippen molar-refractivity contribution < 1.29 is 14.5 Å². The molecule has 1 N–H and O–H groups in total. The van der Waals surface area contributed by atoms with E-state index in [4.69, 9.17) is 4.74 Å². The molecule has 2 aromatic rings. The lowest BCUT2D eigenvalue weighted by Gasteiger charge is -2.17. The van der Waals surface area contributed by atoms with Gasteiger partial charge in [-0.3, -0.25) is 19.5 Å². The molecule has 29 heavy (non-hydrogen) atoms. The van der Waals surface area contributed by atoms with E-state index in [0.717, 1.165) is 44.7 Å². The van der Waals surface area contributed by atoms with Gasteiger partial charge in [-0.15, -0.1) is 10.2 Å². The Labute approximate surface area is 171 Å². The molecule has 4 rings (SSSR count). The Bertz CT molecular complexity index is 923. The van der Waals surface area contributed by atoms with Crippen molar-refractivity contribution in [2.24, 2.45) is 0 Å². The molecule has 1 saturated carbocycles. The highest BCUT2D eigenvalue weighted by atomic mass is 32.2. The number of anilines is 2. The van der Waals surface area contributed by atoms with Gasteiger partial charge < -0.3 is 15.0 Å². The Morgan fingerprint density at radius 1 is 1.34 bits per heavy atom. The summed E-state index contributed by atoms with van der Waals surface area (Å²) in [5.74, 6) is 1.000. The number of nitro benzene ring substituents is 1. The van der Waals surface area contributed by atoms with Gasteiger partial charge in [-0.25, -0.2) is 0 Å². The summed E-state index contributed by atoms with van der Waals surface area (Å²) in [5, 5.41) is 23.3. The fourth-order valence-electron chi connectivity index (χ4n) is 3.36. The van der Waals surface area contributed by atoms with Crippen molar-refractivity contribution in [3.05, 3.63) is 28.3 Å². The van der Waals surface area contributed by atoms with Crippen LogP contribution in [0.15, 0.2) is 23.4 Å². The lowest BCUT2D eigenvalue weighted by molar-refractivity contribution is -0.384. The van der Waals surface area contributed by atoms with Crippen molar-refractivity contribution in [3.63, 3.8) is 0 Å². The molecular weight excluding hydrogens is 396 g/mol. The summed E-state index contributed by atoms with van der Waals surface area (Å²) in [7, 11) is 1.43. The summed E-state index contributed by atoms with van der Waals surface area (Å²) >= 11 is 1.30. The number of methoxy groups -OCH3 is 1. The number of nitrogens with one attached hydrogen (secondary N) is 1. The zero-order valence-electron chi connectivity index (χ0n) is 16.0. The van der Waals surface area contributed by atoms with Crippen molar-refractivity contribution in [2.75, 3.05) is 36.2 Å². The van der Waals surface area contributed by atoms with E-state index in [9.17, 15) is 14.9 Å². The Kier molecular flexibility index (Phi) is 5.56. The van der Waals surface area contributed by atoms with E-state index >= 15 is 0 Å². The summed E-state index contributed by atoms with van der Waals surface area (Å²) in [6.07, 6.45) is 4.50. The molecule has 1 aliphatic carbocycles. The second kappa shape index (κ2) is 8.27. The minimum absolute atomic E-state index is 0.0913. The Balaban J connectivity index is 1.44. The van der Waals surface area contributed by atoms with Gasteiger partial charge in [-0.2, -0.15) is 0 Å². The molecule has 0 bridgehead atoms. The van der Waals surface area contributed by atoms with Crippen LogP contribution in [-0.2, 0) is 4.79 Å². The standard InChI is InChI=1S/C18H22N6O4S/c1-28-13-6-7-14(15(10-13)24(26)27)19-16(25)11-29-18-21-20-17(22-8-2-3-9-22)23(18)12-4-5-12/h6-7,10,12H,2-5,8-9,11H2,1H3,(H,19,25). The first-order valence-electron chi connectivity index (χ1n) is 9.51. The fraction of sp³-hybridized carbons (Fsp3) is 0.500. The van der Waals surface area contributed by atoms with Gasteiger partial charge in [0.2, 0.25) is 11.9 Å². The average Bonchev–Trinajstić information content (AvgIpc) is 3.24. The van der Waals surface area contributed by atoms with Crippen LogP contribution >= 0.6 is 11.8 Å². The molecule has 10 nitrogen and oxygen atoms in total. The maximum Gasteiger partial charge on any atom is 0.296 e. The average molecular weight is 418 g/mol. The molecule has 2 fully saturated rings. The third-order valence-corrected chi connectivity index (χ3v) is 5.90. The number of hydrogen-bond donors (Lipinski definition) is 1. The number of amides is 1. The van der Waals surface area contributed by atoms with E-state index in [0.29, 0.717) is 16.9 Å². The van der Waals surface area contributed by atoms with E-state index in [1.807, 2.05) is 0 Å². The minimum Gasteiger partial charge on any atom is -0.496 e. The van der Waals surface area contributed by atoms with Crippen molar-refractivity contribution in [1.29, 1.82) is 0 Å². The van der Waals surface area contributed by atoms with Crippen LogP contribution in [0.4, 0.5) is 17.3 Å². The van der Waals surface area contributed by atoms with Crippen LogP contribution in [0.3, 0.4) is 0 Å². The highest BCUT2D eigenvalue weighted by molar-refractivity contribution is 7.99. The summed E-state index contributed by atoms with van der Waals surface area (Å²) in [6.45, 7) is 1.97. The smallest absolute Gasteiger partial charge is 0.296 e. The third-order valence-electron chi connectivity index (χ3n) is 4.96. The van der Waals surface area contributed by atoms with Crippen LogP contribution in [0.5, 0.6) is 5.75 Å². The zero-order chi connectivity index (χ0) is 20.4. The van der Waals surface area contributed by atoms with Crippen LogP contribution in [0, 0.1) is 10.1 Å². The molecule has 1 aromatic carbocycles. The molecular formula is C18H22N6O4S. The highest BCUT2D eigenvalue weighted by Gasteiger charge is 2.32. The quantitative estimate of drug-likeness (QED) is 0.395. The monoisotopic (exact) mass is 418 g/mol. The molecule has 2 aliphatic rings. The summed E-state index contributed by atoms with van der Waals surface area (Å²) in [4.78, 5) is 25.4. The molecule has 154 valence electrons. The van der Waals surface area contributed by atoms with Gasteiger partial charge in [0.05, 0.1) is 23.9 Å². The molecule has 2 heterocycles. The van der Waals surface area contributed by atoms with Crippen LogP contribution in [0.25, 0.3) is 0 Å². The number of ether oxygens (including phenoxy) is 1. The van der Waals surface area contributed by atoms with Gasteiger partial charge in [0.1, 0.15) is 11.4 Å². The summed E-state index contributed by atoms with van der Waals surface area (Å²) in [5.41, 5.74) is -0.0667. The van der Waals surface area contributed by atoms with E-state index in [1.165, 1.54) is 31.0 Å². The van der Waals surface area contributed by atoms with E-state index in [1.54, 1.807) is 6.07 Å². The van der Waals surface area contributed by atoms with Gasteiger partial charge in [0.15, 0.2) is 5.16 Å². The normalized spacial score (nSPS) is 16.1. The number of aromatic nitrogens is 3. The zero-order valence-corrected chi connectivity index (χ0v) is 16.9. The van der Waals surface area contributed by atoms with Crippen molar-refractivity contribution in [3.8, 4) is 5.75 Å². The van der Waals surface area contributed by atoms with Gasteiger partial charge >= 0.3 is 0 Å². The molecule has 1 aliphatic heterocycles. The molecule has 0 spiro atoms. The fourth-order valence-corrected chi connectivity index (χ4v) is 4.17. The van der Waals surface area contributed by atoms with Gasteiger partial charge in [0.25, 0.3) is 5.69 Å². The second-order valence-corrected chi connectivity index (χ2v) is 8.00. The maximum absolute atomic E-state index is 12.4. The lowest BCUT2D eigenvalue weighted by atomic mass is 10.2. The van der Waals surface area contributed by atoms with Crippen LogP contribution in [0.1, 0.15) is 31.7 Å². The van der Waals surface area contributed by atoms with E-state index < -0.39 is 4.92 Å². The molecule has 1 aromatic heterocycles. The molecule has 1 amide bonds. The Morgan fingerprint density at radius 2 is 2.10 bits per heavy atom. The Hall–Kier alpha value is -2.82. The largest absolute Gasteiger partial charge is 0.496 e. The molecule has 0 radical (unpaired) electrons. The predicted molar refractivity (Wildman–Crippen MR) is 109 cm³/mol. The number of carbonyl (C=O) groups excluding carboxylic acids is 1. The first kappa shape index (κ1) is 19.5. The van der Waals surface area contributed by atoms with Crippen molar-refractivity contribution in [1.82, 2.24) is 14.8 Å². The molecule has 11 heteroatoms. The number of hydrogen-bond acceptors (Lipinski definition) is 8. The minimum atomic E-state index is -0.544. The predicted octanol–water partition coefficient (Wildman–Crippen LogP) is 2.86. The van der Waals surface area contributed by atoms with Crippen molar-refractivity contribution in [2.45, 2.75) is 36.9 Å². The first-order valence-corrected chi connectivity index (χ1v) is 10.5. The molecule has 0 atom stereocenters. The number of rotatable bonds is 8. The SMILES string of the molecule is COc1ccc(NC(=O)CSc2nnc(N3CCCC3)n2C2CC2)c([N+](=O)[O-])c1. The highest BCUT2D eigenvalue weighted by Crippen LogP contribution is 2.41. The first-order chi connectivity index (χ1) is 14.1. The summed E-state index contributed by atoms with van der Waals surface area (Å²) in [6, 6.07) is 4.72. The van der Waals surface area contributed by atoms with Crippen molar-refractivity contribution >= 4 is 35.0 Å². The number of nitrogens with zero attached hydrogens (tertiary/aromatic N) is 5. The number of benzene rings is 1. The van der Waals surface area contributed by atoms with E-state index in [2.05, 4.69) is 25.0 Å². The van der Waals surface area contributed by atoms with Gasteiger partial charge in [0, 0.05) is 19.1 Å². The number of nitro groups is 1. The third kappa shape index (κ3) is 4.29. The topological polar surface area (TPSA) is 115 Å².